The van der Waals surface area contributed by atoms with E-state index in [4.69, 9.17) is 0 Å². The van der Waals surface area contributed by atoms with Crippen LogP contribution in [0.4, 0.5) is 0 Å². The highest BCUT2D eigenvalue weighted by Gasteiger charge is 2.27. The third kappa shape index (κ3) is 3.93. The summed E-state index contributed by atoms with van der Waals surface area (Å²) in [5, 5.41) is 13.5. The van der Waals surface area contributed by atoms with Gasteiger partial charge in [0, 0.05) is 28.7 Å². The van der Waals surface area contributed by atoms with Gasteiger partial charge in [0.1, 0.15) is 0 Å². The van der Waals surface area contributed by atoms with Gasteiger partial charge in [-0.15, -0.1) is 5.10 Å². The number of tetrazole rings is 1. The first-order valence-corrected chi connectivity index (χ1v) is 13.9. The summed E-state index contributed by atoms with van der Waals surface area (Å²) < 4.78 is 1.78. The van der Waals surface area contributed by atoms with E-state index in [1.165, 1.54) is 78.0 Å². The van der Waals surface area contributed by atoms with E-state index in [1.807, 2.05) is 6.20 Å². The topological polar surface area (TPSA) is 62.1 Å². The maximum Gasteiger partial charge on any atom is 0.182 e. The molecule has 34 heavy (non-hydrogen) atoms. The van der Waals surface area contributed by atoms with Crippen molar-refractivity contribution in [1.82, 2.24) is 29.9 Å². The average molecular weight is 475 g/mol. The van der Waals surface area contributed by atoms with Crippen LogP contribution < -0.4 is 0 Å². The van der Waals surface area contributed by atoms with Gasteiger partial charge >= 0.3 is 0 Å². The first kappa shape index (κ1) is 22.1. The Morgan fingerprint density at radius 2 is 1.85 bits per heavy atom. The molecule has 0 atom stereocenters. The van der Waals surface area contributed by atoms with E-state index in [0.29, 0.717) is 11.8 Å². The maximum absolute atomic E-state index is 4.15. The number of aromatic nitrogens is 5. The summed E-state index contributed by atoms with van der Waals surface area (Å²) in [4.78, 5) is 6.51. The van der Waals surface area contributed by atoms with Crippen molar-refractivity contribution in [2.24, 2.45) is 0 Å². The van der Waals surface area contributed by atoms with Crippen molar-refractivity contribution >= 4 is 28.3 Å². The SMILES string of the molecule is Cc1cc(-c2[nH]c3ccc(C4CCN(C5CCSCC5)CC4)cc3c2C(C)C)cn2nnnc12. The Labute approximate surface area is 205 Å². The number of fused-ring (bicyclic) bond motifs is 2. The van der Waals surface area contributed by atoms with E-state index in [9.17, 15) is 0 Å². The second-order valence-electron chi connectivity index (χ2n) is 10.4. The molecule has 178 valence electrons. The molecule has 2 fully saturated rings. The van der Waals surface area contributed by atoms with Crippen molar-refractivity contribution in [3.05, 3.63) is 47.2 Å². The minimum atomic E-state index is 0.412. The predicted octanol–water partition coefficient (Wildman–Crippen LogP) is 5.78. The molecule has 7 heteroatoms. The summed E-state index contributed by atoms with van der Waals surface area (Å²) in [5.74, 6) is 3.76. The predicted molar refractivity (Wildman–Crippen MR) is 141 cm³/mol. The Balaban J connectivity index is 1.32. The molecule has 2 saturated heterocycles. The fraction of sp³-hybridized carbons (Fsp3) is 0.519. The van der Waals surface area contributed by atoms with Crippen LogP contribution in [0.3, 0.4) is 0 Å². The Bertz CT molecular complexity index is 1310. The first-order valence-electron chi connectivity index (χ1n) is 12.7. The largest absolute Gasteiger partial charge is 0.354 e. The van der Waals surface area contributed by atoms with Crippen molar-refractivity contribution in [1.29, 1.82) is 0 Å². The van der Waals surface area contributed by atoms with Gasteiger partial charge in [-0.25, -0.2) is 0 Å². The Hall–Kier alpha value is -2.38. The number of nitrogens with zero attached hydrogens (tertiary/aromatic N) is 5. The van der Waals surface area contributed by atoms with Crippen molar-refractivity contribution in [3.63, 3.8) is 0 Å². The summed E-state index contributed by atoms with van der Waals surface area (Å²) in [7, 11) is 0. The van der Waals surface area contributed by atoms with Gasteiger partial charge in [0.25, 0.3) is 0 Å². The summed E-state index contributed by atoms with van der Waals surface area (Å²) in [6, 6.07) is 10.2. The van der Waals surface area contributed by atoms with Crippen LogP contribution in [0, 0.1) is 6.92 Å². The zero-order valence-electron chi connectivity index (χ0n) is 20.4. The zero-order chi connectivity index (χ0) is 23.2. The Morgan fingerprint density at radius 1 is 1.06 bits per heavy atom. The number of hydrogen-bond donors (Lipinski definition) is 1. The highest BCUT2D eigenvalue weighted by molar-refractivity contribution is 7.99. The summed E-state index contributed by atoms with van der Waals surface area (Å²) in [6.07, 6.45) is 7.35. The number of nitrogens with one attached hydrogen (secondary N) is 1. The number of aromatic amines is 1. The summed E-state index contributed by atoms with van der Waals surface area (Å²) in [5.41, 5.74) is 8.33. The summed E-state index contributed by atoms with van der Waals surface area (Å²) in [6.45, 7) is 9.16. The number of piperidine rings is 1. The molecular weight excluding hydrogens is 440 g/mol. The third-order valence-corrected chi connectivity index (χ3v) is 8.96. The normalized spacial score (nSPS) is 19.1. The van der Waals surface area contributed by atoms with Gasteiger partial charge in [0.15, 0.2) is 5.65 Å². The molecule has 0 spiro atoms. The quantitative estimate of drug-likeness (QED) is 0.406. The van der Waals surface area contributed by atoms with E-state index >= 15 is 0 Å². The molecule has 1 N–H and O–H groups in total. The van der Waals surface area contributed by atoms with Gasteiger partial charge in [-0.2, -0.15) is 16.3 Å². The van der Waals surface area contributed by atoms with Crippen LogP contribution in [0.25, 0.3) is 27.8 Å². The number of likely N-dealkylation sites (tertiary alicyclic amines) is 1. The van der Waals surface area contributed by atoms with E-state index in [2.05, 4.69) is 82.2 Å². The van der Waals surface area contributed by atoms with Gasteiger partial charge in [-0.1, -0.05) is 19.9 Å². The van der Waals surface area contributed by atoms with Crippen molar-refractivity contribution < 1.29 is 0 Å². The highest BCUT2D eigenvalue weighted by Crippen LogP contribution is 2.39. The van der Waals surface area contributed by atoms with E-state index in [0.717, 1.165) is 22.8 Å². The molecule has 2 aliphatic heterocycles. The molecule has 0 amide bonds. The Kier molecular flexibility index (Phi) is 5.86. The molecule has 0 saturated carbocycles. The van der Waals surface area contributed by atoms with Gasteiger partial charge in [0.2, 0.25) is 0 Å². The van der Waals surface area contributed by atoms with Crippen LogP contribution >= 0.6 is 11.8 Å². The fourth-order valence-electron chi connectivity index (χ4n) is 6.10. The lowest BCUT2D eigenvalue weighted by Gasteiger charge is -2.39. The molecule has 0 bridgehead atoms. The first-order chi connectivity index (χ1) is 16.6. The molecule has 3 aromatic heterocycles. The lowest BCUT2D eigenvalue weighted by atomic mass is 9.87. The van der Waals surface area contributed by atoms with Crippen LogP contribution in [0.15, 0.2) is 30.5 Å². The van der Waals surface area contributed by atoms with Crippen LogP contribution in [-0.2, 0) is 0 Å². The number of thioether (sulfide) groups is 1. The Morgan fingerprint density at radius 3 is 2.62 bits per heavy atom. The smallest absolute Gasteiger partial charge is 0.182 e. The highest BCUT2D eigenvalue weighted by atomic mass is 32.2. The van der Waals surface area contributed by atoms with Gasteiger partial charge in [0.05, 0.1) is 5.69 Å². The molecule has 6 nitrogen and oxygen atoms in total. The number of aryl methyl sites for hydroxylation is 1. The lowest BCUT2D eigenvalue weighted by molar-refractivity contribution is 0.144. The fourth-order valence-corrected chi connectivity index (χ4v) is 7.19. The van der Waals surface area contributed by atoms with E-state index in [-0.39, 0.29) is 0 Å². The van der Waals surface area contributed by atoms with Crippen molar-refractivity contribution in [2.75, 3.05) is 24.6 Å². The summed E-state index contributed by atoms with van der Waals surface area (Å²) >= 11 is 2.13. The van der Waals surface area contributed by atoms with Gasteiger partial charge < -0.3 is 9.88 Å². The molecule has 5 heterocycles. The monoisotopic (exact) mass is 474 g/mol. The molecule has 1 aromatic carbocycles. The number of pyridine rings is 1. The third-order valence-electron chi connectivity index (χ3n) is 7.92. The van der Waals surface area contributed by atoms with Crippen LogP contribution in [0.1, 0.15) is 68.1 Å². The van der Waals surface area contributed by atoms with Gasteiger partial charge in [-0.3, -0.25) is 0 Å². The van der Waals surface area contributed by atoms with Crippen molar-refractivity contribution in [3.8, 4) is 11.3 Å². The maximum atomic E-state index is 4.15. The van der Waals surface area contributed by atoms with Crippen LogP contribution in [0.5, 0.6) is 0 Å². The number of H-pyrrole nitrogens is 1. The molecule has 0 aliphatic carbocycles. The van der Waals surface area contributed by atoms with Crippen LogP contribution in [-0.4, -0.2) is 60.6 Å². The zero-order valence-corrected chi connectivity index (χ0v) is 21.2. The molecule has 0 unspecified atom stereocenters. The minimum Gasteiger partial charge on any atom is -0.354 e. The molecule has 2 aliphatic rings. The molecular formula is C27H34N6S. The second-order valence-corrected chi connectivity index (χ2v) is 11.6. The number of hydrogen-bond acceptors (Lipinski definition) is 5. The van der Waals surface area contributed by atoms with Crippen molar-refractivity contribution in [2.45, 2.75) is 64.3 Å². The molecule has 0 radical (unpaired) electrons. The number of rotatable bonds is 4. The minimum absolute atomic E-state index is 0.412. The van der Waals surface area contributed by atoms with Crippen LogP contribution in [0.2, 0.25) is 0 Å². The molecule has 4 aromatic rings. The second kappa shape index (κ2) is 9.00. The number of benzene rings is 1. The standard InChI is InChI=1S/C27H34N6S/c1-17(2)25-23-15-20(19-6-10-32(11-7-19)22-8-12-34-13-9-22)4-5-24(23)28-26(25)21-14-18(3)27-29-30-31-33(27)16-21/h4-5,14-17,19,22,28H,6-13H2,1-3H3. The van der Waals surface area contributed by atoms with Gasteiger partial charge in [-0.05, 0) is 114 Å². The van der Waals surface area contributed by atoms with E-state index < -0.39 is 0 Å². The lowest BCUT2D eigenvalue weighted by Crippen LogP contribution is -2.42. The molecule has 6 rings (SSSR count). The average Bonchev–Trinajstić information content (AvgIpc) is 3.49. The van der Waals surface area contributed by atoms with E-state index in [1.54, 1.807) is 4.52 Å².